The van der Waals surface area contributed by atoms with Crippen LogP contribution in [0, 0.1) is 0 Å². The summed E-state index contributed by atoms with van der Waals surface area (Å²) in [6, 6.07) is 19.6. The molecule has 0 aliphatic carbocycles. The van der Waals surface area contributed by atoms with E-state index in [0.29, 0.717) is 0 Å². The molecule has 0 amide bonds. The van der Waals surface area contributed by atoms with E-state index >= 15 is 0 Å². The molecule has 0 spiro atoms. The third-order valence-electron chi connectivity index (χ3n) is 4.87. The van der Waals surface area contributed by atoms with E-state index < -0.39 is 21.1 Å². The summed E-state index contributed by atoms with van der Waals surface area (Å²) < 4.78 is 0. The zero-order chi connectivity index (χ0) is 17.1. The van der Waals surface area contributed by atoms with Gasteiger partial charge in [-0.3, -0.25) is 0 Å². The molecule has 23 heavy (non-hydrogen) atoms. The highest BCUT2D eigenvalue weighted by Gasteiger charge is 2.49. The molecule has 0 fully saturated rings. The molecule has 0 atom stereocenters. The van der Waals surface area contributed by atoms with Crippen LogP contribution in [0.3, 0.4) is 0 Å². The van der Waals surface area contributed by atoms with Crippen LogP contribution in [0.1, 0.15) is 0 Å². The van der Waals surface area contributed by atoms with Crippen molar-refractivity contribution in [2.45, 2.75) is 31.2 Å². The Labute approximate surface area is 139 Å². The van der Waals surface area contributed by atoms with Crippen LogP contribution in [-0.4, -0.2) is 21.1 Å². The third-order valence-corrected chi connectivity index (χ3v) is 15.8. The number of rotatable bonds is 5. The molecule has 0 bridgehead atoms. The van der Waals surface area contributed by atoms with Crippen molar-refractivity contribution in [1.29, 1.82) is 0 Å². The lowest BCUT2D eigenvalue weighted by Crippen LogP contribution is -2.82. The lowest BCUT2D eigenvalue weighted by molar-refractivity contribution is -0.416. The van der Waals surface area contributed by atoms with Gasteiger partial charge in [-0.15, -0.1) is 5.11 Å². The molecule has 120 valence electrons. The highest BCUT2D eigenvalue weighted by Crippen LogP contribution is 2.30. The van der Waals surface area contributed by atoms with E-state index in [1.54, 1.807) is 0 Å². The Morgan fingerprint density at radius 1 is 0.826 bits per heavy atom. The number of benzene rings is 2. The van der Waals surface area contributed by atoms with E-state index in [1.807, 2.05) is 86.9 Å². The molecule has 0 radical (unpaired) electrons. The van der Waals surface area contributed by atoms with Crippen LogP contribution in [0.5, 0.6) is 0 Å². The van der Waals surface area contributed by atoms with Gasteiger partial charge in [0.05, 0.1) is 16.1 Å². The summed E-state index contributed by atoms with van der Waals surface area (Å²) >= 11 is 0. The van der Waals surface area contributed by atoms with Gasteiger partial charge in [-0.05, 0) is 15.4 Å². The van der Waals surface area contributed by atoms with Gasteiger partial charge >= 0.3 is 0 Å². The maximum atomic E-state index is 14.0. The van der Waals surface area contributed by atoms with E-state index in [0.717, 1.165) is 10.4 Å². The topological polar surface area (TPSA) is 71.8 Å². The van der Waals surface area contributed by atoms with Gasteiger partial charge < -0.3 is 5.11 Å². The minimum atomic E-state index is -2.59. The Morgan fingerprint density at radius 2 is 1.17 bits per heavy atom. The molecule has 0 aromatic heterocycles. The van der Waals surface area contributed by atoms with Gasteiger partial charge in [-0.25, -0.2) is 0 Å². The van der Waals surface area contributed by atoms with Crippen LogP contribution in [0.25, 0.3) is 10.4 Å². The zero-order valence-corrected chi connectivity index (χ0v) is 16.0. The Bertz CT molecular complexity index is 660. The van der Waals surface area contributed by atoms with E-state index in [1.165, 1.54) is 0 Å². The number of nitrogens with zero attached hydrogens (tertiary/aromatic N) is 3. The first-order valence-electron chi connectivity index (χ1n) is 7.65. The Kier molecular flexibility index (Phi) is 4.82. The van der Waals surface area contributed by atoms with Crippen LogP contribution in [0.4, 0.5) is 0 Å². The molecule has 2 rings (SSSR count). The van der Waals surface area contributed by atoms with Crippen LogP contribution < -0.4 is 15.5 Å². The van der Waals surface area contributed by atoms with Crippen molar-refractivity contribution in [2.75, 3.05) is 0 Å². The monoisotopic (exact) mass is 340 g/mol. The fourth-order valence-electron chi connectivity index (χ4n) is 3.20. The molecule has 0 saturated heterocycles. The predicted octanol–water partition coefficient (Wildman–Crippen LogP) is 2.66. The predicted molar refractivity (Wildman–Crippen MR) is 99.0 cm³/mol. The molecule has 0 N–H and O–H groups in total. The maximum Gasteiger partial charge on any atom is 0.0736 e. The second kappa shape index (κ2) is 6.33. The van der Waals surface area contributed by atoms with Gasteiger partial charge in [0.15, 0.2) is 0 Å². The summed E-state index contributed by atoms with van der Waals surface area (Å²) in [5.41, 5.74) is 9.13. The average Bonchev–Trinajstić information content (AvgIpc) is 2.56. The first kappa shape index (κ1) is 17.5. The smallest absolute Gasteiger partial charge is 0.0736 e. The highest BCUT2D eigenvalue weighted by atomic mass is 28.4. The minimum Gasteiger partial charge on any atom is -0.849 e. The molecule has 6 heteroatoms. The summed E-state index contributed by atoms with van der Waals surface area (Å²) in [7, 11) is -5.17. The van der Waals surface area contributed by atoms with Crippen molar-refractivity contribution >= 4 is 26.5 Å². The molecule has 4 nitrogen and oxygen atoms in total. The minimum absolute atomic E-state index is 1.03. The Morgan fingerprint density at radius 3 is 1.48 bits per heavy atom. The molecule has 0 unspecified atom stereocenters. The molecule has 0 saturated carbocycles. The van der Waals surface area contributed by atoms with Gasteiger partial charge in [0.25, 0.3) is 0 Å². The van der Waals surface area contributed by atoms with Crippen molar-refractivity contribution in [1.82, 2.24) is 0 Å². The van der Waals surface area contributed by atoms with Crippen molar-refractivity contribution < 1.29 is 5.11 Å². The van der Waals surface area contributed by atoms with Crippen LogP contribution in [0.15, 0.2) is 65.8 Å². The number of azide groups is 1. The molecule has 0 aliphatic rings. The van der Waals surface area contributed by atoms with Crippen LogP contribution in [0.2, 0.25) is 26.2 Å². The summed E-state index contributed by atoms with van der Waals surface area (Å²) in [6.45, 7) is 8.06. The first-order valence-corrected chi connectivity index (χ1v) is 13.6. The summed E-state index contributed by atoms with van der Waals surface area (Å²) in [5, 5.41) is 20.0. The Hall–Kier alpha value is -1.86. The lowest BCUT2D eigenvalue weighted by Gasteiger charge is -2.57. The van der Waals surface area contributed by atoms with Gasteiger partial charge in [0.1, 0.15) is 0 Å². The fourth-order valence-corrected chi connectivity index (χ4v) is 13.7. The second-order valence-corrected chi connectivity index (χ2v) is 16.3. The van der Waals surface area contributed by atoms with Gasteiger partial charge in [-0.2, -0.15) is 0 Å². The molecular formula is C17H22N3OSi2-. The normalized spacial score (nSPS) is 12.6. The molecule has 2 aromatic carbocycles. The largest absolute Gasteiger partial charge is 0.849 e. The summed E-state index contributed by atoms with van der Waals surface area (Å²) in [4.78, 5) is 1.36. The molecular weight excluding hydrogens is 318 g/mol. The lowest BCUT2D eigenvalue weighted by atomic mass is 10.4. The van der Waals surface area contributed by atoms with Crippen molar-refractivity contribution in [3.63, 3.8) is 0 Å². The average molecular weight is 341 g/mol. The van der Waals surface area contributed by atoms with E-state index in [-0.39, 0.29) is 0 Å². The highest BCUT2D eigenvalue weighted by molar-refractivity contribution is 7.09. The first-order chi connectivity index (χ1) is 10.8. The van der Waals surface area contributed by atoms with Crippen molar-refractivity contribution in [2.24, 2.45) is 5.11 Å². The molecule has 0 aliphatic heterocycles. The third kappa shape index (κ3) is 2.86. The van der Waals surface area contributed by atoms with Crippen molar-refractivity contribution in [3.8, 4) is 0 Å². The van der Waals surface area contributed by atoms with Gasteiger partial charge in [0.2, 0.25) is 0 Å². The van der Waals surface area contributed by atoms with Gasteiger partial charge in [0, 0.05) is 0 Å². The van der Waals surface area contributed by atoms with E-state index in [9.17, 15) is 5.11 Å². The summed E-state index contributed by atoms with van der Waals surface area (Å²) in [6.07, 6.45) is 0. The van der Waals surface area contributed by atoms with E-state index in [4.69, 9.17) is 5.53 Å². The summed E-state index contributed by atoms with van der Waals surface area (Å²) in [5.74, 6) is 0. The van der Waals surface area contributed by atoms with Crippen LogP contribution >= 0.6 is 0 Å². The standard InChI is InChI=1S/C17H22N3OSi2/c1-22(2,15-11-7-5-8-12-15)17(21,19-20-18)23(3,4)16-13-9-6-10-14-16/h5-14H,1-4H3/q-1. The maximum absolute atomic E-state index is 14.0. The van der Waals surface area contributed by atoms with Gasteiger partial charge in [-0.1, -0.05) is 97.2 Å². The van der Waals surface area contributed by atoms with Crippen molar-refractivity contribution in [3.05, 3.63) is 71.1 Å². The molecule has 0 heterocycles. The fraction of sp³-hybridized carbons (Fsp3) is 0.294. The second-order valence-electron chi connectivity index (χ2n) is 6.82. The number of hydrogen-bond donors (Lipinski definition) is 0. The quantitative estimate of drug-likeness (QED) is 0.357. The molecule has 2 aromatic rings. The van der Waals surface area contributed by atoms with Crippen LogP contribution in [-0.2, 0) is 0 Å². The SMILES string of the molecule is C[Si](C)(c1ccccc1)C([O-])(N=[N+]=[N-])[Si](C)(C)c1ccccc1. The van der Waals surface area contributed by atoms with E-state index in [2.05, 4.69) is 10.0 Å². The Balaban J connectivity index is 2.66. The number of hydrogen-bond acceptors (Lipinski definition) is 2. The zero-order valence-electron chi connectivity index (χ0n) is 14.0.